The van der Waals surface area contributed by atoms with Gasteiger partial charge in [-0.05, 0) is 66.4 Å². The standard InChI is InChI=1S/C27H28N4O3.ClH/c1-3-24(32)21-6-4-5-18-14-19(7-8-20(18)21)34-25-9-12-29-23-15-26(17(2)13-22(23)25)33-16-27(10-11-27)30-31-28;/h4-9,12-15,30-31H,3,10-11,16,28H2,1-2H3;1H. The van der Waals surface area contributed by atoms with Gasteiger partial charge in [-0.15, -0.1) is 5.53 Å². The third kappa shape index (κ3) is 5.09. The second kappa shape index (κ2) is 10.2. The van der Waals surface area contributed by atoms with Gasteiger partial charge in [-0.25, -0.2) is 5.43 Å². The lowest BCUT2D eigenvalue weighted by Gasteiger charge is -2.18. The van der Waals surface area contributed by atoms with Crippen molar-refractivity contribution in [3.8, 4) is 17.2 Å². The summed E-state index contributed by atoms with van der Waals surface area (Å²) in [6, 6.07) is 17.5. The van der Waals surface area contributed by atoms with Crippen LogP contribution < -0.4 is 38.7 Å². The number of nitrogens with zero attached hydrogens (tertiary/aromatic N) is 1. The van der Waals surface area contributed by atoms with Gasteiger partial charge in [0.05, 0.1) is 11.1 Å². The molecule has 1 aliphatic carbocycles. The molecule has 0 amide bonds. The quantitative estimate of drug-likeness (QED) is 0.240. The Labute approximate surface area is 210 Å². The second-order valence-corrected chi connectivity index (χ2v) is 8.88. The van der Waals surface area contributed by atoms with Gasteiger partial charge in [-0.3, -0.25) is 15.6 Å². The smallest absolute Gasteiger partial charge is 0.163 e. The zero-order valence-electron chi connectivity index (χ0n) is 19.9. The molecule has 1 saturated carbocycles. The number of pyridine rings is 1. The monoisotopic (exact) mass is 492 g/mol. The highest BCUT2D eigenvalue weighted by molar-refractivity contribution is 6.08. The van der Waals surface area contributed by atoms with Crippen LogP contribution in [-0.4, -0.2) is 22.9 Å². The van der Waals surface area contributed by atoms with Crippen LogP contribution >= 0.6 is 0 Å². The molecule has 5 N–H and O–H groups in total. The number of aromatic nitrogens is 1. The summed E-state index contributed by atoms with van der Waals surface area (Å²) in [4.78, 5) is 16.8. The van der Waals surface area contributed by atoms with Crippen LogP contribution in [0.3, 0.4) is 0 Å². The van der Waals surface area contributed by atoms with Crippen molar-refractivity contribution >= 4 is 27.5 Å². The zero-order valence-corrected chi connectivity index (χ0v) is 20.6. The number of halogens is 1. The van der Waals surface area contributed by atoms with Crippen LogP contribution in [0.1, 0.15) is 42.1 Å². The molecule has 35 heavy (non-hydrogen) atoms. The number of hydrogen-bond donors (Lipinski definition) is 3. The number of benzene rings is 3. The van der Waals surface area contributed by atoms with Crippen molar-refractivity contribution in [1.82, 2.24) is 15.9 Å². The maximum atomic E-state index is 12.3. The van der Waals surface area contributed by atoms with E-state index in [0.29, 0.717) is 18.8 Å². The number of fused-ring (bicyclic) bond motifs is 2. The number of carbonyl (C=O) groups is 1. The molecular weight excluding hydrogens is 464 g/mol. The van der Waals surface area contributed by atoms with Gasteiger partial charge >= 0.3 is 0 Å². The molecule has 0 radical (unpaired) electrons. The molecule has 0 spiro atoms. The summed E-state index contributed by atoms with van der Waals surface area (Å²) in [6.07, 6.45) is 4.33. The Kier molecular flexibility index (Phi) is 7.23. The Morgan fingerprint density at radius 1 is 1.09 bits per heavy atom. The molecule has 1 aliphatic rings. The van der Waals surface area contributed by atoms with Crippen molar-refractivity contribution in [2.45, 2.75) is 38.6 Å². The van der Waals surface area contributed by atoms with Crippen molar-refractivity contribution in [1.29, 1.82) is 0 Å². The van der Waals surface area contributed by atoms with E-state index in [0.717, 1.165) is 57.1 Å². The lowest BCUT2D eigenvalue weighted by atomic mass is 10.00. The molecule has 7 nitrogen and oxygen atoms in total. The molecule has 8 heteroatoms. The fourth-order valence-corrected chi connectivity index (χ4v) is 4.25. The van der Waals surface area contributed by atoms with Crippen LogP contribution in [0, 0.1) is 6.92 Å². The third-order valence-electron chi connectivity index (χ3n) is 6.41. The lowest BCUT2D eigenvalue weighted by molar-refractivity contribution is -0.459. The molecule has 0 atom stereocenters. The topological polar surface area (TPSA) is 100 Å². The van der Waals surface area contributed by atoms with Crippen molar-refractivity contribution in [3.05, 3.63) is 71.9 Å². The highest BCUT2D eigenvalue weighted by Gasteiger charge is 2.44. The molecule has 4 aromatic rings. The molecule has 1 heterocycles. The van der Waals surface area contributed by atoms with E-state index in [9.17, 15) is 4.79 Å². The Bertz CT molecular complexity index is 1390. The molecule has 0 saturated heterocycles. The minimum absolute atomic E-state index is 0. The SMILES string of the molecule is CCC(=O)c1cccc2cc(Oc3ccnc4cc(OCC5(NN[NH3+])CC5)c(C)cc34)ccc12.[Cl-]. The van der Waals surface area contributed by atoms with E-state index in [2.05, 4.69) is 27.9 Å². The summed E-state index contributed by atoms with van der Waals surface area (Å²) in [5.74, 6) is 6.03. The van der Waals surface area contributed by atoms with Gasteiger partial charge in [0.2, 0.25) is 0 Å². The minimum atomic E-state index is -0.0424. The number of aryl methyl sites for hydroxylation is 1. The maximum absolute atomic E-state index is 12.3. The number of carbonyl (C=O) groups excluding carboxylic acids is 1. The Hall–Kier alpha value is -3.23. The highest BCUT2D eigenvalue weighted by atomic mass is 35.5. The molecule has 1 fully saturated rings. The first-order chi connectivity index (χ1) is 16.5. The van der Waals surface area contributed by atoms with Crippen molar-refractivity contribution in [2.24, 2.45) is 0 Å². The van der Waals surface area contributed by atoms with Crippen LogP contribution in [-0.2, 0) is 0 Å². The fraction of sp³-hybridized carbons (Fsp3) is 0.259. The normalized spacial score (nSPS) is 13.9. The van der Waals surface area contributed by atoms with E-state index in [1.165, 1.54) is 0 Å². The molecule has 0 bridgehead atoms. The molecule has 182 valence electrons. The fourth-order valence-electron chi connectivity index (χ4n) is 4.25. The van der Waals surface area contributed by atoms with E-state index in [1.54, 1.807) is 6.20 Å². The Morgan fingerprint density at radius 2 is 1.91 bits per heavy atom. The van der Waals surface area contributed by atoms with Crippen LogP contribution in [0.5, 0.6) is 17.2 Å². The van der Waals surface area contributed by atoms with E-state index in [4.69, 9.17) is 9.47 Å². The van der Waals surface area contributed by atoms with Crippen LogP contribution in [0.25, 0.3) is 21.7 Å². The van der Waals surface area contributed by atoms with Crippen LogP contribution in [0.4, 0.5) is 0 Å². The second-order valence-electron chi connectivity index (χ2n) is 8.88. The summed E-state index contributed by atoms with van der Waals surface area (Å²) in [7, 11) is 0. The highest BCUT2D eigenvalue weighted by Crippen LogP contribution is 2.37. The molecule has 0 unspecified atom stereocenters. The zero-order chi connectivity index (χ0) is 23.7. The lowest BCUT2D eigenvalue weighted by Crippen LogP contribution is -3.00. The van der Waals surface area contributed by atoms with Crippen molar-refractivity contribution in [2.75, 3.05) is 6.61 Å². The van der Waals surface area contributed by atoms with Crippen LogP contribution in [0.2, 0.25) is 0 Å². The number of ketones is 1. The maximum Gasteiger partial charge on any atom is 0.163 e. The average Bonchev–Trinajstić information content (AvgIpc) is 3.62. The van der Waals surface area contributed by atoms with E-state index in [-0.39, 0.29) is 23.7 Å². The number of rotatable bonds is 9. The average molecular weight is 493 g/mol. The minimum Gasteiger partial charge on any atom is -1.00 e. The number of Topliss-reactive ketones (excluding diaryl/α,β-unsaturated/α-hetero) is 1. The molecular formula is C27H29ClN4O3. The Morgan fingerprint density at radius 3 is 2.66 bits per heavy atom. The first-order valence-corrected chi connectivity index (χ1v) is 11.6. The van der Waals surface area contributed by atoms with Gasteiger partial charge in [0.15, 0.2) is 5.78 Å². The summed E-state index contributed by atoms with van der Waals surface area (Å²) in [5.41, 5.74) is 8.49. The van der Waals surface area contributed by atoms with Crippen molar-refractivity contribution in [3.63, 3.8) is 0 Å². The molecule has 1 aromatic heterocycles. The van der Waals surface area contributed by atoms with Gasteiger partial charge in [0.25, 0.3) is 0 Å². The van der Waals surface area contributed by atoms with E-state index >= 15 is 0 Å². The number of ether oxygens (including phenoxy) is 2. The molecule has 5 rings (SSSR count). The summed E-state index contributed by atoms with van der Waals surface area (Å²) in [6.45, 7) is 4.48. The Balaban J connectivity index is 0.00000289. The third-order valence-corrected chi connectivity index (χ3v) is 6.41. The predicted octanol–water partition coefficient (Wildman–Crippen LogP) is 1.25. The molecule has 0 aliphatic heterocycles. The van der Waals surface area contributed by atoms with Gasteiger partial charge in [-0.1, -0.05) is 25.1 Å². The van der Waals surface area contributed by atoms with E-state index in [1.807, 2.05) is 62.4 Å². The summed E-state index contributed by atoms with van der Waals surface area (Å²) in [5, 5.41) is 2.83. The first kappa shape index (κ1) is 24.9. The summed E-state index contributed by atoms with van der Waals surface area (Å²) < 4.78 is 12.4. The first-order valence-electron chi connectivity index (χ1n) is 11.6. The number of hydrazine groups is 1. The van der Waals surface area contributed by atoms with E-state index < -0.39 is 0 Å². The van der Waals surface area contributed by atoms with Gasteiger partial charge in [-0.2, -0.15) is 0 Å². The van der Waals surface area contributed by atoms with Gasteiger partial charge < -0.3 is 21.9 Å². The molecule has 3 aromatic carbocycles. The summed E-state index contributed by atoms with van der Waals surface area (Å²) >= 11 is 0. The predicted molar refractivity (Wildman–Crippen MR) is 132 cm³/mol. The largest absolute Gasteiger partial charge is 1.00 e. The van der Waals surface area contributed by atoms with Gasteiger partial charge in [0.1, 0.15) is 23.9 Å². The van der Waals surface area contributed by atoms with Gasteiger partial charge in [0, 0.05) is 29.6 Å². The number of hydrogen-bond acceptors (Lipinski definition) is 6. The van der Waals surface area contributed by atoms with Crippen molar-refractivity contribution < 1.29 is 32.5 Å². The number of quaternary nitrogens is 1. The van der Waals surface area contributed by atoms with Crippen LogP contribution in [0.15, 0.2) is 60.8 Å². The number of nitrogens with one attached hydrogen (secondary N) is 2.